The second-order valence-corrected chi connectivity index (χ2v) is 6.01. The lowest BCUT2D eigenvalue weighted by atomic mass is 9.97. The van der Waals surface area contributed by atoms with Crippen molar-refractivity contribution < 1.29 is 17.9 Å². The molecule has 7 heteroatoms. The standard InChI is InChI=1S/C11H17FN2O3S/c1-3-11(2,4-5-15)14-18(16,17)10-6-9(12)7-13-8-10/h6-8,14-15H,3-5H2,1-2H3. The van der Waals surface area contributed by atoms with E-state index < -0.39 is 21.4 Å². The molecule has 1 rings (SSSR count). The molecule has 0 saturated heterocycles. The third-order valence-electron chi connectivity index (χ3n) is 2.81. The fourth-order valence-electron chi connectivity index (χ4n) is 1.47. The van der Waals surface area contributed by atoms with Gasteiger partial charge in [-0.3, -0.25) is 4.98 Å². The average molecular weight is 276 g/mol. The SMILES string of the molecule is CCC(C)(CCO)NS(=O)(=O)c1cncc(F)c1. The molecule has 0 spiro atoms. The Kier molecular flexibility index (Phi) is 4.78. The molecule has 0 saturated carbocycles. The Morgan fingerprint density at radius 2 is 2.17 bits per heavy atom. The van der Waals surface area contributed by atoms with Crippen molar-refractivity contribution in [3.05, 3.63) is 24.3 Å². The van der Waals surface area contributed by atoms with Gasteiger partial charge < -0.3 is 5.11 Å². The van der Waals surface area contributed by atoms with Gasteiger partial charge in [0.1, 0.15) is 10.7 Å². The van der Waals surface area contributed by atoms with Gasteiger partial charge in [-0.05, 0) is 25.8 Å². The van der Waals surface area contributed by atoms with E-state index in [0.717, 1.165) is 18.5 Å². The lowest BCUT2D eigenvalue weighted by Gasteiger charge is -2.28. The van der Waals surface area contributed by atoms with E-state index in [1.165, 1.54) is 0 Å². The number of sulfonamides is 1. The second kappa shape index (κ2) is 5.73. The smallest absolute Gasteiger partial charge is 0.242 e. The Balaban J connectivity index is 3.01. The van der Waals surface area contributed by atoms with E-state index in [9.17, 15) is 12.8 Å². The number of aliphatic hydroxyl groups excluding tert-OH is 1. The molecule has 0 aromatic carbocycles. The second-order valence-electron chi connectivity index (χ2n) is 4.33. The normalized spacial score (nSPS) is 15.3. The Morgan fingerprint density at radius 1 is 1.50 bits per heavy atom. The molecule has 2 N–H and O–H groups in total. The number of aliphatic hydroxyl groups is 1. The number of nitrogens with zero attached hydrogens (tertiary/aromatic N) is 1. The summed E-state index contributed by atoms with van der Waals surface area (Å²) >= 11 is 0. The van der Waals surface area contributed by atoms with Crippen LogP contribution in [0.3, 0.4) is 0 Å². The average Bonchev–Trinajstić information content (AvgIpc) is 2.28. The van der Waals surface area contributed by atoms with Crippen LogP contribution in [-0.2, 0) is 10.0 Å². The molecule has 0 fully saturated rings. The Bertz CT molecular complexity index is 507. The summed E-state index contributed by atoms with van der Waals surface area (Å²) in [7, 11) is -3.84. The molecule has 0 aliphatic rings. The number of hydrogen-bond acceptors (Lipinski definition) is 4. The Hall–Kier alpha value is -1.05. The zero-order chi connectivity index (χ0) is 13.8. The maximum atomic E-state index is 13.0. The molecular weight excluding hydrogens is 259 g/mol. The van der Waals surface area contributed by atoms with Crippen molar-refractivity contribution in [2.75, 3.05) is 6.61 Å². The zero-order valence-corrected chi connectivity index (χ0v) is 11.2. The molecule has 0 radical (unpaired) electrons. The fraction of sp³-hybridized carbons (Fsp3) is 0.545. The van der Waals surface area contributed by atoms with Crippen molar-refractivity contribution >= 4 is 10.0 Å². The van der Waals surface area contributed by atoms with E-state index in [1.807, 2.05) is 6.92 Å². The van der Waals surface area contributed by atoms with Crippen molar-refractivity contribution in [1.82, 2.24) is 9.71 Å². The molecule has 0 amide bonds. The van der Waals surface area contributed by atoms with Gasteiger partial charge >= 0.3 is 0 Å². The summed E-state index contributed by atoms with van der Waals surface area (Å²) < 4.78 is 39.5. The first-order valence-corrected chi connectivity index (χ1v) is 7.07. The summed E-state index contributed by atoms with van der Waals surface area (Å²) in [4.78, 5) is 3.29. The fourth-order valence-corrected chi connectivity index (χ4v) is 2.95. The molecule has 1 aromatic rings. The first kappa shape index (κ1) is 15.0. The molecule has 1 heterocycles. The van der Waals surface area contributed by atoms with Gasteiger partial charge in [-0.25, -0.2) is 17.5 Å². The van der Waals surface area contributed by atoms with Gasteiger partial charge in [-0.15, -0.1) is 0 Å². The highest BCUT2D eigenvalue weighted by Gasteiger charge is 2.28. The molecule has 0 aliphatic carbocycles. The molecule has 5 nitrogen and oxygen atoms in total. The number of aromatic nitrogens is 1. The molecule has 102 valence electrons. The van der Waals surface area contributed by atoms with Gasteiger partial charge in [0.2, 0.25) is 10.0 Å². The van der Waals surface area contributed by atoms with Crippen molar-refractivity contribution in [1.29, 1.82) is 0 Å². The van der Waals surface area contributed by atoms with Gasteiger partial charge in [0.05, 0.1) is 6.20 Å². The minimum absolute atomic E-state index is 0.131. The molecule has 1 aromatic heterocycles. The topological polar surface area (TPSA) is 79.3 Å². The van der Waals surface area contributed by atoms with Crippen molar-refractivity contribution in [3.8, 4) is 0 Å². The third-order valence-corrected chi connectivity index (χ3v) is 4.42. The summed E-state index contributed by atoms with van der Waals surface area (Å²) in [5.74, 6) is -0.710. The molecule has 1 unspecified atom stereocenters. The summed E-state index contributed by atoms with van der Waals surface area (Å²) in [6.07, 6.45) is 2.81. The highest BCUT2D eigenvalue weighted by Crippen LogP contribution is 2.18. The van der Waals surface area contributed by atoms with Crippen LogP contribution in [0.4, 0.5) is 4.39 Å². The summed E-state index contributed by atoms with van der Waals surface area (Å²) in [5.41, 5.74) is -0.764. The maximum absolute atomic E-state index is 13.0. The van der Waals surface area contributed by atoms with E-state index in [0.29, 0.717) is 6.42 Å². The molecular formula is C11H17FN2O3S. The third kappa shape index (κ3) is 3.72. The van der Waals surface area contributed by atoms with E-state index in [1.54, 1.807) is 6.92 Å². The van der Waals surface area contributed by atoms with Crippen LogP contribution in [0.1, 0.15) is 26.7 Å². The number of rotatable bonds is 6. The minimum Gasteiger partial charge on any atom is -0.396 e. The number of nitrogens with one attached hydrogen (secondary N) is 1. The van der Waals surface area contributed by atoms with Gasteiger partial charge in [-0.2, -0.15) is 0 Å². The minimum atomic E-state index is -3.84. The quantitative estimate of drug-likeness (QED) is 0.814. The van der Waals surface area contributed by atoms with Crippen molar-refractivity contribution in [3.63, 3.8) is 0 Å². The first-order chi connectivity index (χ1) is 8.33. The van der Waals surface area contributed by atoms with Crippen LogP contribution >= 0.6 is 0 Å². The monoisotopic (exact) mass is 276 g/mol. The van der Waals surface area contributed by atoms with Gasteiger partial charge in [-0.1, -0.05) is 6.92 Å². The summed E-state index contributed by atoms with van der Waals surface area (Å²) in [6, 6.07) is 0.907. The van der Waals surface area contributed by atoms with E-state index in [-0.39, 0.29) is 17.9 Å². The number of hydrogen-bond donors (Lipinski definition) is 2. The molecule has 1 atom stereocenters. The molecule has 18 heavy (non-hydrogen) atoms. The summed E-state index contributed by atoms with van der Waals surface area (Å²) in [6.45, 7) is 3.36. The van der Waals surface area contributed by atoms with Crippen molar-refractivity contribution in [2.24, 2.45) is 0 Å². The van der Waals surface area contributed by atoms with Crippen molar-refractivity contribution in [2.45, 2.75) is 37.1 Å². The van der Waals surface area contributed by atoms with Crippen LogP contribution in [-0.4, -0.2) is 30.7 Å². The Labute approximate surface area is 106 Å². The van der Waals surface area contributed by atoms with Gasteiger partial charge in [0, 0.05) is 18.3 Å². The largest absolute Gasteiger partial charge is 0.396 e. The van der Waals surface area contributed by atoms with Crippen LogP contribution in [0.2, 0.25) is 0 Å². The molecule has 0 bridgehead atoms. The lowest BCUT2D eigenvalue weighted by Crippen LogP contribution is -2.46. The predicted molar refractivity (Wildman–Crippen MR) is 64.9 cm³/mol. The zero-order valence-electron chi connectivity index (χ0n) is 10.4. The molecule has 0 aliphatic heterocycles. The maximum Gasteiger partial charge on any atom is 0.242 e. The Morgan fingerprint density at radius 3 is 2.67 bits per heavy atom. The van der Waals surface area contributed by atoms with E-state index in [4.69, 9.17) is 5.11 Å². The number of halogens is 1. The lowest BCUT2D eigenvalue weighted by molar-refractivity contribution is 0.233. The van der Waals surface area contributed by atoms with E-state index in [2.05, 4.69) is 9.71 Å². The van der Waals surface area contributed by atoms with Crippen LogP contribution in [0, 0.1) is 5.82 Å². The first-order valence-electron chi connectivity index (χ1n) is 5.58. The van der Waals surface area contributed by atoms with Crippen LogP contribution in [0.5, 0.6) is 0 Å². The highest BCUT2D eigenvalue weighted by molar-refractivity contribution is 7.89. The van der Waals surface area contributed by atoms with Crippen LogP contribution in [0.15, 0.2) is 23.4 Å². The van der Waals surface area contributed by atoms with Gasteiger partial charge in [0.15, 0.2) is 0 Å². The van der Waals surface area contributed by atoms with E-state index >= 15 is 0 Å². The predicted octanol–water partition coefficient (Wildman–Crippen LogP) is 1.05. The number of pyridine rings is 1. The highest BCUT2D eigenvalue weighted by atomic mass is 32.2. The summed E-state index contributed by atoms with van der Waals surface area (Å²) in [5, 5.41) is 8.94. The van der Waals surface area contributed by atoms with Crippen LogP contribution in [0.25, 0.3) is 0 Å². The van der Waals surface area contributed by atoms with Crippen LogP contribution < -0.4 is 4.72 Å². The van der Waals surface area contributed by atoms with Gasteiger partial charge in [0.25, 0.3) is 0 Å².